The van der Waals surface area contributed by atoms with Gasteiger partial charge in [0, 0.05) is 19.0 Å². The van der Waals surface area contributed by atoms with Crippen molar-refractivity contribution in [3.05, 3.63) is 0 Å². The van der Waals surface area contributed by atoms with Crippen LogP contribution >= 0.6 is 0 Å². The summed E-state index contributed by atoms with van der Waals surface area (Å²) in [6.45, 7) is 6.90. The molecule has 2 rings (SSSR count). The number of primary sulfonamides is 1. The molecule has 1 aliphatic heterocycles. The Labute approximate surface area is 115 Å². The lowest BCUT2D eigenvalue weighted by Gasteiger charge is -2.42. The van der Waals surface area contributed by atoms with Gasteiger partial charge < -0.3 is 4.90 Å². The fraction of sp³-hybridized carbons (Fsp3) is 0.923. The van der Waals surface area contributed by atoms with E-state index in [0.29, 0.717) is 5.92 Å². The molecule has 6 heteroatoms. The number of likely N-dealkylation sites (tertiary alicyclic amines) is 1. The molecule has 2 N–H and O–H groups in total. The maximum Gasteiger partial charge on any atom is 0.224 e. The molecule has 0 radical (unpaired) electrons. The Kier molecular flexibility index (Phi) is 3.68. The molecule has 19 heavy (non-hydrogen) atoms. The van der Waals surface area contributed by atoms with E-state index in [4.69, 9.17) is 5.14 Å². The van der Waals surface area contributed by atoms with Crippen molar-refractivity contribution >= 4 is 15.9 Å². The summed E-state index contributed by atoms with van der Waals surface area (Å²) in [5, 5.41) is 4.45. The third-order valence-corrected chi connectivity index (χ3v) is 5.64. The van der Waals surface area contributed by atoms with E-state index in [1.54, 1.807) is 4.90 Å². The number of rotatable bonds is 2. The summed E-state index contributed by atoms with van der Waals surface area (Å²) in [6, 6.07) is 0.165. The second-order valence-corrected chi connectivity index (χ2v) is 8.87. The first-order valence-corrected chi connectivity index (χ1v) is 8.50. The van der Waals surface area contributed by atoms with Gasteiger partial charge in [0.1, 0.15) is 5.25 Å². The largest absolute Gasteiger partial charge is 0.338 e. The highest BCUT2D eigenvalue weighted by Crippen LogP contribution is 2.41. The van der Waals surface area contributed by atoms with Gasteiger partial charge in [-0.2, -0.15) is 0 Å². The zero-order chi connectivity index (χ0) is 14.4. The summed E-state index contributed by atoms with van der Waals surface area (Å²) >= 11 is 0. The lowest BCUT2D eigenvalue weighted by Crippen LogP contribution is -2.44. The molecule has 1 amide bonds. The van der Waals surface area contributed by atoms with Gasteiger partial charge in [-0.05, 0) is 30.6 Å². The lowest BCUT2D eigenvalue weighted by molar-refractivity contribution is -0.131. The highest BCUT2D eigenvalue weighted by Gasteiger charge is 2.43. The predicted octanol–water partition coefficient (Wildman–Crippen LogP) is 1.09. The van der Waals surface area contributed by atoms with Gasteiger partial charge in [0.25, 0.3) is 0 Å². The van der Waals surface area contributed by atoms with Crippen LogP contribution in [-0.4, -0.2) is 37.1 Å². The Hall–Kier alpha value is -0.620. The third-order valence-electron chi connectivity index (χ3n) is 4.39. The van der Waals surface area contributed by atoms with Crippen molar-refractivity contribution < 1.29 is 13.2 Å². The number of nitrogens with zero attached hydrogens (tertiary/aromatic N) is 1. The third kappa shape index (κ3) is 3.28. The van der Waals surface area contributed by atoms with Crippen LogP contribution in [0.4, 0.5) is 0 Å². The van der Waals surface area contributed by atoms with Crippen molar-refractivity contribution in [3.63, 3.8) is 0 Å². The highest BCUT2D eigenvalue weighted by atomic mass is 32.2. The summed E-state index contributed by atoms with van der Waals surface area (Å²) in [4.78, 5) is 13.8. The zero-order valence-electron chi connectivity index (χ0n) is 11.9. The van der Waals surface area contributed by atoms with Gasteiger partial charge >= 0.3 is 0 Å². The molecule has 5 nitrogen and oxygen atoms in total. The first-order chi connectivity index (χ1) is 8.58. The molecule has 110 valence electrons. The van der Waals surface area contributed by atoms with E-state index in [-0.39, 0.29) is 30.3 Å². The number of hydrogen-bond donors (Lipinski definition) is 1. The molecule has 0 bridgehead atoms. The Balaban J connectivity index is 2.12. The Bertz CT molecular complexity index is 472. The molecular formula is C13H24N2O3S. The Morgan fingerprint density at radius 1 is 1.32 bits per heavy atom. The van der Waals surface area contributed by atoms with E-state index in [2.05, 4.69) is 20.8 Å². The van der Waals surface area contributed by atoms with Crippen molar-refractivity contribution in [2.75, 3.05) is 6.54 Å². The van der Waals surface area contributed by atoms with Crippen LogP contribution in [0.15, 0.2) is 0 Å². The molecule has 1 heterocycles. The average Bonchev–Trinajstić information content (AvgIpc) is 2.56. The van der Waals surface area contributed by atoms with Crippen molar-refractivity contribution in [1.82, 2.24) is 4.90 Å². The van der Waals surface area contributed by atoms with Gasteiger partial charge in [-0.3, -0.25) is 4.79 Å². The normalized spacial score (nSPS) is 35.7. The number of carbonyl (C=O) groups excluding carboxylic acids is 1. The van der Waals surface area contributed by atoms with Gasteiger partial charge in [0.15, 0.2) is 0 Å². The molecule has 3 atom stereocenters. The van der Waals surface area contributed by atoms with Crippen LogP contribution < -0.4 is 5.14 Å². The van der Waals surface area contributed by atoms with Crippen LogP contribution in [-0.2, 0) is 14.8 Å². The molecule has 0 aromatic rings. The van der Waals surface area contributed by atoms with Gasteiger partial charge in [0.05, 0.1) is 0 Å². The van der Waals surface area contributed by atoms with Crippen molar-refractivity contribution in [2.24, 2.45) is 16.5 Å². The minimum absolute atomic E-state index is 0.0458. The summed E-state index contributed by atoms with van der Waals surface area (Å²) in [7, 11) is -3.61. The maximum atomic E-state index is 12.1. The van der Waals surface area contributed by atoms with Crippen molar-refractivity contribution in [1.29, 1.82) is 0 Å². The molecule has 1 saturated heterocycles. The van der Waals surface area contributed by atoms with Gasteiger partial charge in [-0.15, -0.1) is 0 Å². The molecule has 3 unspecified atom stereocenters. The summed E-state index contributed by atoms with van der Waals surface area (Å²) in [6.07, 6.45) is 3.11. The minimum Gasteiger partial charge on any atom is -0.338 e. The van der Waals surface area contributed by atoms with E-state index < -0.39 is 15.3 Å². The van der Waals surface area contributed by atoms with E-state index in [1.807, 2.05) is 0 Å². The molecule has 2 aliphatic rings. The topological polar surface area (TPSA) is 80.5 Å². The number of amides is 1. The average molecular weight is 288 g/mol. The zero-order valence-corrected chi connectivity index (χ0v) is 12.7. The van der Waals surface area contributed by atoms with Crippen LogP contribution in [0.5, 0.6) is 0 Å². The molecular weight excluding hydrogens is 264 g/mol. The van der Waals surface area contributed by atoms with Crippen LogP contribution in [0.25, 0.3) is 0 Å². The Morgan fingerprint density at radius 2 is 1.95 bits per heavy atom. The van der Waals surface area contributed by atoms with Crippen molar-refractivity contribution in [3.8, 4) is 0 Å². The number of hydrogen-bond acceptors (Lipinski definition) is 3. The number of nitrogens with two attached hydrogens (primary N) is 1. The first kappa shape index (κ1) is 14.8. The van der Waals surface area contributed by atoms with E-state index in [9.17, 15) is 13.2 Å². The second-order valence-electron chi connectivity index (χ2n) is 7.03. The molecule has 0 aromatic carbocycles. The summed E-state index contributed by atoms with van der Waals surface area (Å²) in [5.74, 6) is 0.504. The lowest BCUT2D eigenvalue weighted by atomic mass is 9.70. The number of sulfonamides is 1. The molecule has 0 spiro atoms. The predicted molar refractivity (Wildman–Crippen MR) is 73.8 cm³/mol. The molecule has 0 aromatic heterocycles. The van der Waals surface area contributed by atoms with Gasteiger partial charge in [-0.25, -0.2) is 13.6 Å². The smallest absolute Gasteiger partial charge is 0.224 e. The van der Waals surface area contributed by atoms with E-state index >= 15 is 0 Å². The maximum absolute atomic E-state index is 12.1. The molecule has 1 aliphatic carbocycles. The quantitative estimate of drug-likeness (QED) is 0.826. The minimum atomic E-state index is -3.61. The van der Waals surface area contributed by atoms with Crippen LogP contribution in [0, 0.1) is 11.3 Å². The van der Waals surface area contributed by atoms with E-state index in [1.165, 1.54) is 0 Å². The van der Waals surface area contributed by atoms with Crippen LogP contribution in [0.1, 0.15) is 46.5 Å². The standard InChI is InChI=1S/C13H24N2O3S/c1-9-4-10(7-13(2,3)6-9)15-8-11(5-12(15)16)19(14,17)18/h9-11H,4-8H2,1-3H3,(H2,14,17,18). The first-order valence-electron chi connectivity index (χ1n) is 6.89. The second kappa shape index (κ2) is 4.74. The van der Waals surface area contributed by atoms with Crippen LogP contribution in [0.2, 0.25) is 0 Å². The fourth-order valence-corrected chi connectivity index (χ4v) is 4.55. The Morgan fingerprint density at radius 3 is 2.42 bits per heavy atom. The monoisotopic (exact) mass is 288 g/mol. The van der Waals surface area contributed by atoms with Gasteiger partial charge in [-0.1, -0.05) is 20.8 Å². The molecule has 1 saturated carbocycles. The van der Waals surface area contributed by atoms with Crippen molar-refractivity contribution in [2.45, 2.75) is 57.7 Å². The molecule has 2 fully saturated rings. The van der Waals surface area contributed by atoms with Crippen LogP contribution in [0.3, 0.4) is 0 Å². The highest BCUT2D eigenvalue weighted by molar-refractivity contribution is 7.89. The summed E-state index contributed by atoms with van der Waals surface area (Å²) in [5.41, 5.74) is 0.211. The SMILES string of the molecule is CC1CC(N2CC(S(N)(=O)=O)CC2=O)CC(C)(C)C1. The fourth-order valence-electron chi connectivity index (χ4n) is 3.80. The number of carbonyl (C=O) groups is 1. The van der Waals surface area contributed by atoms with Gasteiger partial charge in [0.2, 0.25) is 15.9 Å². The van der Waals surface area contributed by atoms with E-state index in [0.717, 1.165) is 19.3 Å². The summed E-state index contributed by atoms with van der Waals surface area (Å²) < 4.78 is 22.8.